The van der Waals surface area contributed by atoms with Gasteiger partial charge in [0.05, 0.1) is 12.9 Å². The number of ether oxygens (including phenoxy) is 2. The molecule has 2 rings (SSSR count). The zero-order valence-corrected chi connectivity index (χ0v) is 16.7. The summed E-state index contributed by atoms with van der Waals surface area (Å²) in [6.45, 7) is 5.84. The summed E-state index contributed by atoms with van der Waals surface area (Å²) in [7, 11) is 1.33. The Bertz CT molecular complexity index is 759. The van der Waals surface area contributed by atoms with Crippen molar-refractivity contribution in [3.05, 3.63) is 29.3 Å². The number of aromatic nitrogens is 2. The fourth-order valence-corrected chi connectivity index (χ4v) is 3.76. The van der Waals surface area contributed by atoms with Crippen LogP contribution in [-0.4, -0.2) is 41.0 Å². The molecule has 9 heteroatoms. The van der Waals surface area contributed by atoms with E-state index in [9.17, 15) is 9.59 Å². The van der Waals surface area contributed by atoms with Gasteiger partial charge >= 0.3 is 5.97 Å². The van der Waals surface area contributed by atoms with Crippen LogP contribution in [0.1, 0.15) is 24.5 Å². The van der Waals surface area contributed by atoms with E-state index in [1.807, 2.05) is 39.0 Å². The Morgan fingerprint density at radius 1 is 1.23 bits per heavy atom. The minimum absolute atomic E-state index is 0.145. The van der Waals surface area contributed by atoms with Gasteiger partial charge in [-0.1, -0.05) is 36.1 Å². The van der Waals surface area contributed by atoms with Gasteiger partial charge in [0.2, 0.25) is 5.13 Å². The second-order valence-electron chi connectivity index (χ2n) is 5.57. The molecule has 140 valence electrons. The predicted molar refractivity (Wildman–Crippen MR) is 102 cm³/mol. The van der Waals surface area contributed by atoms with Gasteiger partial charge in [0.25, 0.3) is 5.91 Å². The number of esters is 1. The molecule has 1 N–H and O–H groups in total. The predicted octanol–water partition coefficient (Wildman–Crippen LogP) is 3.22. The van der Waals surface area contributed by atoms with Crippen molar-refractivity contribution in [3.63, 3.8) is 0 Å². The molecule has 0 saturated heterocycles. The lowest BCUT2D eigenvalue weighted by molar-refractivity contribution is -0.137. The number of hydrogen-bond acceptors (Lipinski definition) is 8. The number of methoxy groups -OCH3 is 1. The van der Waals surface area contributed by atoms with E-state index in [1.54, 1.807) is 0 Å². The number of anilines is 1. The first kappa shape index (κ1) is 20.2. The number of carbonyl (C=O) groups excluding carboxylic acids is 2. The highest BCUT2D eigenvalue weighted by molar-refractivity contribution is 8.01. The molecule has 1 heterocycles. The van der Waals surface area contributed by atoms with Crippen molar-refractivity contribution < 1.29 is 19.1 Å². The SMILES string of the molecule is CC[C@H](Oc1cc(C)cc(C)c1)C(=O)Nc1nnc(SCC(=O)OC)s1. The first-order valence-corrected chi connectivity index (χ1v) is 9.80. The molecular weight excluding hydrogens is 374 g/mol. The van der Waals surface area contributed by atoms with Crippen molar-refractivity contribution in [2.75, 3.05) is 18.2 Å². The Hall–Kier alpha value is -2.13. The van der Waals surface area contributed by atoms with Gasteiger partial charge in [-0.05, 0) is 43.5 Å². The fourth-order valence-electron chi connectivity index (χ4n) is 2.17. The number of amides is 1. The van der Waals surface area contributed by atoms with Crippen molar-refractivity contribution in [3.8, 4) is 5.75 Å². The third-order valence-electron chi connectivity index (χ3n) is 3.31. The number of nitrogens with one attached hydrogen (secondary N) is 1. The minimum atomic E-state index is -0.633. The molecule has 1 aromatic heterocycles. The molecule has 7 nitrogen and oxygen atoms in total. The first-order valence-electron chi connectivity index (χ1n) is 8.00. The lowest BCUT2D eigenvalue weighted by atomic mass is 10.1. The van der Waals surface area contributed by atoms with E-state index in [-0.39, 0.29) is 17.6 Å². The summed E-state index contributed by atoms with van der Waals surface area (Å²) in [5.41, 5.74) is 2.15. The van der Waals surface area contributed by atoms with Crippen LogP contribution in [0, 0.1) is 13.8 Å². The maximum Gasteiger partial charge on any atom is 0.316 e. The number of nitrogens with zero attached hydrogens (tertiary/aromatic N) is 2. The summed E-state index contributed by atoms with van der Waals surface area (Å²) in [5.74, 6) is 0.180. The summed E-state index contributed by atoms with van der Waals surface area (Å²) < 4.78 is 11.0. The quantitative estimate of drug-likeness (QED) is 0.417. The van der Waals surface area contributed by atoms with Crippen LogP contribution < -0.4 is 10.1 Å². The highest BCUT2D eigenvalue weighted by atomic mass is 32.2. The Balaban J connectivity index is 1.96. The molecule has 1 aromatic carbocycles. The monoisotopic (exact) mass is 395 g/mol. The third-order valence-corrected chi connectivity index (χ3v) is 5.26. The number of benzene rings is 1. The minimum Gasteiger partial charge on any atom is -0.481 e. The number of aryl methyl sites for hydroxylation is 2. The normalized spacial score (nSPS) is 11.7. The number of thioether (sulfide) groups is 1. The summed E-state index contributed by atoms with van der Waals surface area (Å²) in [5, 5.41) is 10.9. The molecule has 0 spiro atoms. The van der Waals surface area contributed by atoms with Crippen molar-refractivity contribution in [1.82, 2.24) is 10.2 Å². The van der Waals surface area contributed by atoms with Crippen molar-refractivity contribution in [2.24, 2.45) is 0 Å². The topological polar surface area (TPSA) is 90.4 Å². The smallest absolute Gasteiger partial charge is 0.316 e. The zero-order valence-electron chi connectivity index (χ0n) is 15.1. The Kier molecular flexibility index (Phi) is 7.40. The maximum absolute atomic E-state index is 12.5. The molecule has 26 heavy (non-hydrogen) atoms. The molecule has 1 amide bonds. The molecule has 1 atom stereocenters. The molecule has 0 bridgehead atoms. The summed E-state index contributed by atoms with van der Waals surface area (Å²) in [4.78, 5) is 23.6. The molecule has 0 aliphatic rings. The van der Waals surface area contributed by atoms with Crippen molar-refractivity contribution in [2.45, 2.75) is 37.6 Å². The Morgan fingerprint density at radius 3 is 2.54 bits per heavy atom. The van der Waals surface area contributed by atoms with E-state index < -0.39 is 6.10 Å². The van der Waals surface area contributed by atoms with E-state index in [1.165, 1.54) is 30.2 Å². The van der Waals surface area contributed by atoms with Gasteiger partial charge in [-0.2, -0.15) is 0 Å². The molecule has 0 radical (unpaired) electrons. The third kappa shape index (κ3) is 5.99. The van der Waals surface area contributed by atoms with Gasteiger partial charge in [-0.3, -0.25) is 14.9 Å². The second kappa shape index (κ2) is 9.54. The summed E-state index contributed by atoms with van der Waals surface area (Å²) in [6, 6.07) is 5.84. The molecule has 0 saturated carbocycles. The van der Waals surface area contributed by atoms with Crippen molar-refractivity contribution >= 4 is 40.1 Å². The largest absolute Gasteiger partial charge is 0.481 e. The van der Waals surface area contributed by atoms with Gasteiger partial charge in [0.15, 0.2) is 10.4 Å². The van der Waals surface area contributed by atoms with E-state index in [2.05, 4.69) is 20.3 Å². The zero-order chi connectivity index (χ0) is 19.1. The number of hydrogen-bond donors (Lipinski definition) is 1. The molecule has 0 aliphatic carbocycles. The highest BCUT2D eigenvalue weighted by Gasteiger charge is 2.20. The van der Waals surface area contributed by atoms with Crippen LogP contribution >= 0.6 is 23.1 Å². The van der Waals surface area contributed by atoms with Gasteiger partial charge in [0.1, 0.15) is 5.75 Å². The fraction of sp³-hybridized carbons (Fsp3) is 0.412. The average molecular weight is 396 g/mol. The second-order valence-corrected chi connectivity index (χ2v) is 7.77. The van der Waals surface area contributed by atoms with Crippen LogP contribution in [0.5, 0.6) is 5.75 Å². The number of rotatable bonds is 8. The lowest BCUT2D eigenvalue weighted by Crippen LogP contribution is -2.32. The standard InChI is InChI=1S/C17H21N3O4S2/c1-5-13(24-12-7-10(2)6-11(3)8-12)15(22)18-16-19-20-17(26-16)25-9-14(21)23-4/h6-8,13H,5,9H2,1-4H3,(H,18,19,22)/t13-/m0/s1. The maximum atomic E-state index is 12.5. The van der Waals surface area contributed by atoms with Crippen LogP contribution in [0.15, 0.2) is 22.5 Å². The molecular formula is C17H21N3O4S2. The van der Waals surface area contributed by atoms with Crippen LogP contribution in [-0.2, 0) is 14.3 Å². The van der Waals surface area contributed by atoms with Gasteiger partial charge in [-0.15, -0.1) is 10.2 Å². The molecule has 0 unspecified atom stereocenters. The highest BCUT2D eigenvalue weighted by Crippen LogP contribution is 2.26. The Morgan fingerprint density at radius 2 is 1.92 bits per heavy atom. The summed E-state index contributed by atoms with van der Waals surface area (Å²) >= 11 is 2.41. The molecule has 0 fully saturated rings. The van der Waals surface area contributed by atoms with Gasteiger partial charge in [0, 0.05) is 0 Å². The van der Waals surface area contributed by atoms with Crippen molar-refractivity contribution in [1.29, 1.82) is 0 Å². The van der Waals surface area contributed by atoms with Gasteiger partial charge in [-0.25, -0.2) is 0 Å². The first-order chi connectivity index (χ1) is 12.4. The van der Waals surface area contributed by atoms with E-state index in [4.69, 9.17) is 4.74 Å². The number of carbonyl (C=O) groups is 2. The molecule has 2 aromatic rings. The van der Waals surface area contributed by atoms with E-state index in [0.29, 0.717) is 21.6 Å². The van der Waals surface area contributed by atoms with Crippen LogP contribution in [0.3, 0.4) is 0 Å². The Labute approximate surface area is 160 Å². The molecule has 0 aliphatic heterocycles. The van der Waals surface area contributed by atoms with E-state index in [0.717, 1.165) is 11.1 Å². The van der Waals surface area contributed by atoms with Crippen LogP contribution in [0.25, 0.3) is 0 Å². The lowest BCUT2D eigenvalue weighted by Gasteiger charge is -2.17. The van der Waals surface area contributed by atoms with Gasteiger partial charge < -0.3 is 9.47 Å². The van der Waals surface area contributed by atoms with Crippen LogP contribution in [0.4, 0.5) is 5.13 Å². The van der Waals surface area contributed by atoms with E-state index >= 15 is 0 Å². The average Bonchev–Trinajstić information content (AvgIpc) is 3.03. The summed E-state index contributed by atoms with van der Waals surface area (Å²) in [6.07, 6.45) is -0.118. The van der Waals surface area contributed by atoms with Crippen LogP contribution in [0.2, 0.25) is 0 Å².